The molecule has 0 bridgehead atoms. The molecule has 1 amide bonds. The number of aromatic nitrogens is 2. The number of carbonyl (C=O) groups excluding carboxylic acids is 1. The fraction of sp³-hybridized carbons (Fsp3) is 0.259. The molecule has 4 aromatic rings. The number of hydrogen-bond acceptors (Lipinski definition) is 5. The van der Waals surface area contributed by atoms with E-state index >= 15 is 0 Å². The van der Waals surface area contributed by atoms with Crippen molar-refractivity contribution in [2.75, 3.05) is 12.4 Å². The second kappa shape index (κ2) is 12.0. The van der Waals surface area contributed by atoms with E-state index in [2.05, 4.69) is 65.4 Å². The van der Waals surface area contributed by atoms with Crippen LogP contribution in [0.25, 0.3) is 11.0 Å². The summed E-state index contributed by atoms with van der Waals surface area (Å²) in [5, 5.41) is 0.925. The van der Waals surface area contributed by atoms with Gasteiger partial charge in [0.2, 0.25) is 0 Å². The molecule has 7 heteroatoms. The molecule has 0 unspecified atom stereocenters. The highest BCUT2D eigenvalue weighted by atomic mass is 32.2. The third-order valence-corrected chi connectivity index (χ3v) is 7.61. The van der Waals surface area contributed by atoms with Crippen LogP contribution < -0.4 is 5.73 Å². The molecular formula is C27H29N3O2S2. The van der Waals surface area contributed by atoms with Gasteiger partial charge in [0.15, 0.2) is 5.16 Å². The van der Waals surface area contributed by atoms with Gasteiger partial charge in [0, 0.05) is 16.4 Å². The number of H-pyrrole nitrogens is 1. The number of carbonyl (C=O) groups is 1. The summed E-state index contributed by atoms with van der Waals surface area (Å²) in [6, 6.07) is 25.1. The Bertz CT molecular complexity index is 1190. The molecular weight excluding hydrogens is 462 g/mol. The van der Waals surface area contributed by atoms with Gasteiger partial charge in [0.05, 0.1) is 11.0 Å². The number of aromatic amines is 1. The van der Waals surface area contributed by atoms with Crippen LogP contribution in [0.5, 0.6) is 0 Å². The Hall–Kier alpha value is -2.90. The number of hydrogen-bond donors (Lipinski definition) is 2. The summed E-state index contributed by atoms with van der Waals surface area (Å²) in [4.78, 5) is 19.7. The number of imidazole rings is 1. The monoisotopic (exact) mass is 491 g/mol. The Morgan fingerprint density at radius 2 is 1.79 bits per heavy atom. The first kappa shape index (κ1) is 24.2. The van der Waals surface area contributed by atoms with Gasteiger partial charge in [-0.15, -0.1) is 11.8 Å². The second-order valence-corrected chi connectivity index (χ2v) is 10.2. The number of rotatable bonds is 8. The van der Waals surface area contributed by atoms with Crippen molar-refractivity contribution in [1.82, 2.24) is 9.97 Å². The zero-order valence-electron chi connectivity index (χ0n) is 19.2. The smallest absolute Gasteiger partial charge is 0.404 e. The molecule has 1 heterocycles. The van der Waals surface area contributed by atoms with Crippen LogP contribution in [0.3, 0.4) is 0 Å². The molecule has 1 fully saturated rings. The molecule has 0 radical (unpaired) electrons. The van der Waals surface area contributed by atoms with Crippen LogP contribution in [0, 0.1) is 6.92 Å². The number of primary amides is 1. The largest absolute Gasteiger partial charge is 0.449 e. The van der Waals surface area contributed by atoms with Crippen LogP contribution in [-0.2, 0) is 10.5 Å². The van der Waals surface area contributed by atoms with E-state index in [1.165, 1.54) is 34.4 Å². The Morgan fingerprint density at radius 3 is 2.53 bits per heavy atom. The summed E-state index contributed by atoms with van der Waals surface area (Å²) in [7, 11) is 0. The SMILES string of the molecule is Cc1c(CSc2nc3ccccc3[nH]2)cccc1SCCOC(N)=O.c1ccc(C2CC2)cc1. The van der Waals surface area contributed by atoms with Crippen LogP contribution in [0.1, 0.15) is 35.4 Å². The average molecular weight is 492 g/mol. The van der Waals surface area contributed by atoms with E-state index in [4.69, 9.17) is 10.5 Å². The van der Waals surface area contributed by atoms with E-state index in [9.17, 15) is 4.79 Å². The standard InChI is InChI=1S/C18H19N3O2S2.C9H10/c1-12-13(5-4-8-16(12)24-10-9-23-17(19)22)11-25-18-20-14-6-2-3-7-15(14)21-18;1-2-4-8(5-3-1)9-6-7-9/h2-8H,9-11H2,1H3,(H2,19,22)(H,20,21);1-5,9H,6-7H2. The first-order valence-corrected chi connectivity index (χ1v) is 13.3. The molecule has 0 spiro atoms. The molecule has 1 aromatic heterocycles. The number of benzene rings is 3. The fourth-order valence-corrected chi connectivity index (χ4v) is 5.41. The van der Waals surface area contributed by atoms with Crippen LogP contribution >= 0.6 is 23.5 Å². The lowest BCUT2D eigenvalue weighted by Crippen LogP contribution is -2.14. The van der Waals surface area contributed by atoms with Crippen LogP contribution in [0.15, 0.2) is 82.8 Å². The van der Waals surface area contributed by atoms with Crippen molar-refractivity contribution in [2.24, 2.45) is 5.73 Å². The van der Waals surface area contributed by atoms with Gasteiger partial charge in [-0.3, -0.25) is 0 Å². The lowest BCUT2D eigenvalue weighted by atomic mass is 10.1. The van der Waals surface area contributed by atoms with Gasteiger partial charge >= 0.3 is 6.09 Å². The van der Waals surface area contributed by atoms with Crippen molar-refractivity contribution in [3.63, 3.8) is 0 Å². The lowest BCUT2D eigenvalue weighted by Gasteiger charge is -2.10. The molecule has 0 saturated heterocycles. The number of nitrogens with two attached hydrogens (primary N) is 1. The quantitative estimate of drug-likeness (QED) is 0.207. The van der Waals surface area contributed by atoms with E-state index in [1.807, 2.05) is 24.3 Å². The number of ether oxygens (including phenoxy) is 1. The Kier molecular flexibility index (Phi) is 8.55. The first-order chi connectivity index (χ1) is 16.6. The lowest BCUT2D eigenvalue weighted by molar-refractivity contribution is 0.164. The van der Waals surface area contributed by atoms with E-state index in [0.29, 0.717) is 12.4 Å². The molecule has 0 atom stereocenters. The summed E-state index contributed by atoms with van der Waals surface area (Å²) in [5.74, 6) is 2.44. The molecule has 3 N–H and O–H groups in total. The Morgan fingerprint density at radius 1 is 1.03 bits per heavy atom. The van der Waals surface area contributed by atoms with E-state index in [1.54, 1.807) is 23.5 Å². The minimum absolute atomic E-state index is 0.317. The van der Waals surface area contributed by atoms with Gasteiger partial charge in [-0.05, 0) is 60.6 Å². The van der Waals surface area contributed by atoms with Crippen molar-refractivity contribution >= 4 is 40.7 Å². The van der Waals surface area contributed by atoms with Gasteiger partial charge in [0.25, 0.3) is 0 Å². The molecule has 5 rings (SSSR count). The Labute approximate surface area is 208 Å². The number of amides is 1. The van der Waals surface area contributed by atoms with Crippen LogP contribution in [0.2, 0.25) is 0 Å². The average Bonchev–Trinajstić information content (AvgIpc) is 3.62. The van der Waals surface area contributed by atoms with E-state index in [0.717, 1.165) is 27.9 Å². The van der Waals surface area contributed by atoms with Crippen molar-refractivity contribution in [3.05, 3.63) is 89.5 Å². The van der Waals surface area contributed by atoms with E-state index in [-0.39, 0.29) is 0 Å². The summed E-state index contributed by atoms with van der Waals surface area (Å²) in [6.07, 6.45) is 2.09. The van der Waals surface area contributed by atoms with E-state index < -0.39 is 6.09 Å². The van der Waals surface area contributed by atoms with Crippen molar-refractivity contribution in [2.45, 2.75) is 41.5 Å². The maximum atomic E-state index is 10.6. The maximum Gasteiger partial charge on any atom is 0.404 e. The minimum Gasteiger partial charge on any atom is -0.449 e. The zero-order chi connectivity index (χ0) is 23.8. The van der Waals surface area contributed by atoms with Gasteiger partial charge in [-0.2, -0.15) is 0 Å². The van der Waals surface area contributed by atoms with Crippen LogP contribution in [0.4, 0.5) is 4.79 Å². The van der Waals surface area contributed by atoms with Gasteiger partial charge in [-0.25, -0.2) is 9.78 Å². The topological polar surface area (TPSA) is 81.0 Å². The molecule has 1 saturated carbocycles. The van der Waals surface area contributed by atoms with Gasteiger partial charge in [0.1, 0.15) is 6.61 Å². The highest BCUT2D eigenvalue weighted by Gasteiger charge is 2.22. The van der Waals surface area contributed by atoms with Gasteiger partial charge in [-0.1, -0.05) is 66.4 Å². The highest BCUT2D eigenvalue weighted by molar-refractivity contribution is 7.99. The third-order valence-electron chi connectivity index (χ3n) is 5.56. The molecule has 3 aromatic carbocycles. The fourth-order valence-electron chi connectivity index (χ4n) is 3.55. The first-order valence-electron chi connectivity index (χ1n) is 11.4. The molecule has 176 valence electrons. The summed E-state index contributed by atoms with van der Waals surface area (Å²) in [5.41, 5.74) is 11.0. The summed E-state index contributed by atoms with van der Waals surface area (Å²) >= 11 is 3.36. The summed E-state index contributed by atoms with van der Waals surface area (Å²) in [6.45, 7) is 2.43. The maximum absolute atomic E-state index is 10.6. The number of para-hydroxylation sites is 2. The van der Waals surface area contributed by atoms with Crippen molar-refractivity contribution in [1.29, 1.82) is 0 Å². The van der Waals surface area contributed by atoms with Gasteiger partial charge < -0.3 is 15.5 Å². The molecule has 0 aliphatic heterocycles. The number of thioether (sulfide) groups is 2. The number of fused-ring (bicyclic) bond motifs is 1. The van der Waals surface area contributed by atoms with Crippen molar-refractivity contribution < 1.29 is 9.53 Å². The summed E-state index contributed by atoms with van der Waals surface area (Å²) < 4.78 is 4.77. The van der Waals surface area contributed by atoms with Crippen LogP contribution in [-0.4, -0.2) is 28.4 Å². The number of nitrogens with zero attached hydrogens (tertiary/aromatic N) is 1. The predicted molar refractivity (Wildman–Crippen MR) is 142 cm³/mol. The third kappa shape index (κ3) is 7.05. The molecule has 1 aliphatic carbocycles. The second-order valence-electron chi connectivity index (χ2n) is 8.09. The molecule has 1 aliphatic rings. The molecule has 5 nitrogen and oxygen atoms in total. The Balaban J connectivity index is 0.000000252. The zero-order valence-corrected chi connectivity index (χ0v) is 20.8. The molecule has 34 heavy (non-hydrogen) atoms. The highest BCUT2D eigenvalue weighted by Crippen LogP contribution is 2.39. The minimum atomic E-state index is -0.728. The normalized spacial score (nSPS) is 12.7. The van der Waals surface area contributed by atoms with Crippen molar-refractivity contribution in [3.8, 4) is 0 Å². The predicted octanol–water partition coefficient (Wildman–Crippen LogP) is 6.92. The number of nitrogens with one attached hydrogen (secondary N) is 1.